The zero-order valence-corrected chi connectivity index (χ0v) is 14.1. The zero-order chi connectivity index (χ0) is 16.4. The van der Waals surface area contributed by atoms with Crippen molar-refractivity contribution in [3.05, 3.63) is 51.7 Å². The highest BCUT2D eigenvalue weighted by Gasteiger charge is 2.36. The highest BCUT2D eigenvalue weighted by Crippen LogP contribution is 2.25. The van der Waals surface area contributed by atoms with E-state index in [2.05, 4.69) is 0 Å². The summed E-state index contributed by atoms with van der Waals surface area (Å²) < 4.78 is 5.55. The van der Waals surface area contributed by atoms with E-state index in [9.17, 15) is 9.59 Å². The minimum atomic E-state index is -0.495. The van der Waals surface area contributed by atoms with E-state index in [4.69, 9.17) is 4.74 Å². The maximum absolute atomic E-state index is 12.5. The normalized spacial score (nSPS) is 17.3. The predicted molar refractivity (Wildman–Crippen MR) is 89.9 cm³/mol. The van der Waals surface area contributed by atoms with E-state index in [0.29, 0.717) is 23.6 Å². The highest BCUT2D eigenvalue weighted by atomic mass is 32.1. The molecule has 1 aliphatic rings. The Hall–Kier alpha value is -2.14. The van der Waals surface area contributed by atoms with Gasteiger partial charge in [0.15, 0.2) is 0 Å². The van der Waals surface area contributed by atoms with Crippen molar-refractivity contribution in [2.75, 3.05) is 6.54 Å². The third kappa shape index (κ3) is 3.29. The number of amides is 1. The Labute approximate surface area is 139 Å². The first-order chi connectivity index (χ1) is 11.1. The Morgan fingerprint density at radius 1 is 1.26 bits per heavy atom. The van der Waals surface area contributed by atoms with Gasteiger partial charge in [-0.3, -0.25) is 4.79 Å². The fourth-order valence-corrected chi connectivity index (χ4v) is 3.57. The second-order valence-corrected chi connectivity index (χ2v) is 6.77. The van der Waals surface area contributed by atoms with Gasteiger partial charge in [0.25, 0.3) is 5.91 Å². The van der Waals surface area contributed by atoms with Crippen molar-refractivity contribution in [3.63, 3.8) is 0 Å². The van der Waals surface area contributed by atoms with E-state index in [1.54, 1.807) is 11.0 Å². The van der Waals surface area contributed by atoms with Crippen LogP contribution >= 0.6 is 11.3 Å². The van der Waals surface area contributed by atoms with Crippen LogP contribution in [0.1, 0.15) is 33.6 Å². The number of carbonyl (C=O) groups excluding carboxylic acids is 2. The molecule has 0 N–H and O–H groups in total. The van der Waals surface area contributed by atoms with Crippen molar-refractivity contribution in [1.82, 2.24) is 4.90 Å². The number of ether oxygens (including phenoxy) is 1. The average Bonchev–Trinajstić information content (AvgIpc) is 3.20. The van der Waals surface area contributed by atoms with Gasteiger partial charge in [-0.2, -0.15) is 0 Å². The minimum Gasteiger partial charge on any atom is -0.425 e. The van der Waals surface area contributed by atoms with Gasteiger partial charge >= 0.3 is 5.97 Å². The second-order valence-electron chi connectivity index (χ2n) is 5.82. The number of esters is 1. The number of benzene rings is 1. The molecule has 2 aromatic rings. The standard InChI is InChI=1S/C18H19NO3S/c1-12-7-8-15(13(2)11-12)22-18(21)14-5-3-9-19(14)17(20)16-6-4-10-23-16/h4,6-8,10-11,14H,3,5,9H2,1-2H3. The Morgan fingerprint density at radius 2 is 2.09 bits per heavy atom. The molecule has 2 heterocycles. The van der Waals surface area contributed by atoms with Crippen molar-refractivity contribution in [2.24, 2.45) is 0 Å². The first-order valence-electron chi connectivity index (χ1n) is 7.69. The summed E-state index contributed by atoms with van der Waals surface area (Å²) in [6, 6.07) is 8.84. The molecule has 1 aromatic heterocycles. The van der Waals surface area contributed by atoms with E-state index in [-0.39, 0.29) is 11.9 Å². The summed E-state index contributed by atoms with van der Waals surface area (Å²) >= 11 is 1.40. The van der Waals surface area contributed by atoms with Crippen LogP contribution in [0.5, 0.6) is 5.75 Å². The fraction of sp³-hybridized carbons (Fsp3) is 0.333. The number of carbonyl (C=O) groups is 2. The number of thiophene rings is 1. The molecular formula is C18H19NO3S. The largest absolute Gasteiger partial charge is 0.425 e. The quantitative estimate of drug-likeness (QED) is 0.639. The zero-order valence-electron chi connectivity index (χ0n) is 13.2. The molecule has 1 aromatic carbocycles. The Kier molecular flexibility index (Phi) is 4.48. The molecule has 0 spiro atoms. The van der Waals surface area contributed by atoms with Crippen LogP contribution in [0.2, 0.25) is 0 Å². The Morgan fingerprint density at radius 3 is 2.78 bits per heavy atom. The van der Waals surface area contributed by atoms with Gasteiger partial charge in [0.2, 0.25) is 0 Å². The summed E-state index contributed by atoms with van der Waals surface area (Å²) in [5.74, 6) is 0.135. The maximum atomic E-state index is 12.5. The third-order valence-corrected chi connectivity index (χ3v) is 4.92. The van der Waals surface area contributed by atoms with Crippen LogP contribution in [0.15, 0.2) is 35.7 Å². The summed E-state index contributed by atoms with van der Waals surface area (Å²) in [7, 11) is 0. The molecule has 1 atom stereocenters. The van der Waals surface area contributed by atoms with Gasteiger partial charge in [0.05, 0.1) is 4.88 Å². The molecule has 0 saturated carbocycles. The minimum absolute atomic E-state index is 0.0833. The van der Waals surface area contributed by atoms with Crippen LogP contribution < -0.4 is 4.74 Å². The topological polar surface area (TPSA) is 46.6 Å². The van der Waals surface area contributed by atoms with Crippen LogP contribution in [0, 0.1) is 13.8 Å². The molecule has 5 heteroatoms. The number of hydrogen-bond donors (Lipinski definition) is 0. The number of rotatable bonds is 3. The van der Waals surface area contributed by atoms with E-state index >= 15 is 0 Å². The molecule has 0 radical (unpaired) electrons. The van der Waals surface area contributed by atoms with Gasteiger partial charge in [-0.1, -0.05) is 23.8 Å². The van der Waals surface area contributed by atoms with E-state index in [1.807, 2.05) is 43.5 Å². The Bertz CT molecular complexity index is 724. The van der Waals surface area contributed by atoms with E-state index < -0.39 is 6.04 Å². The summed E-state index contributed by atoms with van der Waals surface area (Å²) in [5.41, 5.74) is 2.05. The summed E-state index contributed by atoms with van der Waals surface area (Å²) in [6.45, 7) is 4.51. The third-order valence-electron chi connectivity index (χ3n) is 4.06. The van der Waals surface area contributed by atoms with Crippen LogP contribution in [-0.2, 0) is 4.79 Å². The van der Waals surface area contributed by atoms with Crippen molar-refractivity contribution < 1.29 is 14.3 Å². The lowest BCUT2D eigenvalue weighted by atomic mass is 10.1. The van der Waals surface area contributed by atoms with Crippen molar-refractivity contribution in [2.45, 2.75) is 32.7 Å². The van der Waals surface area contributed by atoms with Crippen molar-refractivity contribution in [3.8, 4) is 5.75 Å². The van der Waals surface area contributed by atoms with E-state index in [1.165, 1.54) is 11.3 Å². The van der Waals surface area contributed by atoms with Crippen LogP contribution in [0.3, 0.4) is 0 Å². The molecule has 1 amide bonds. The molecular weight excluding hydrogens is 310 g/mol. The molecule has 23 heavy (non-hydrogen) atoms. The van der Waals surface area contributed by atoms with Crippen molar-refractivity contribution >= 4 is 23.2 Å². The monoisotopic (exact) mass is 329 g/mol. The van der Waals surface area contributed by atoms with Gasteiger partial charge in [-0.05, 0) is 49.8 Å². The summed E-state index contributed by atoms with van der Waals surface area (Å²) in [6.07, 6.45) is 1.48. The molecule has 1 aliphatic heterocycles. The number of nitrogens with zero attached hydrogens (tertiary/aromatic N) is 1. The van der Waals surface area contributed by atoms with Gasteiger partial charge < -0.3 is 9.64 Å². The van der Waals surface area contributed by atoms with Crippen LogP contribution in [0.4, 0.5) is 0 Å². The molecule has 3 rings (SSSR count). The molecule has 0 bridgehead atoms. The summed E-state index contributed by atoms with van der Waals surface area (Å²) in [4.78, 5) is 27.3. The molecule has 1 fully saturated rings. The van der Waals surface area contributed by atoms with Gasteiger partial charge in [-0.15, -0.1) is 11.3 Å². The first-order valence-corrected chi connectivity index (χ1v) is 8.57. The lowest BCUT2D eigenvalue weighted by Gasteiger charge is -2.23. The molecule has 4 nitrogen and oxygen atoms in total. The second kappa shape index (κ2) is 6.54. The van der Waals surface area contributed by atoms with Crippen LogP contribution in [-0.4, -0.2) is 29.4 Å². The van der Waals surface area contributed by atoms with Gasteiger partial charge in [0.1, 0.15) is 11.8 Å². The number of aryl methyl sites for hydroxylation is 2. The highest BCUT2D eigenvalue weighted by molar-refractivity contribution is 7.12. The first kappa shape index (κ1) is 15.7. The fourth-order valence-electron chi connectivity index (χ4n) is 2.89. The number of likely N-dealkylation sites (tertiary alicyclic amines) is 1. The molecule has 1 unspecified atom stereocenters. The molecule has 1 saturated heterocycles. The Balaban J connectivity index is 1.74. The lowest BCUT2D eigenvalue weighted by molar-refractivity contribution is -0.138. The lowest BCUT2D eigenvalue weighted by Crippen LogP contribution is -2.42. The van der Waals surface area contributed by atoms with Crippen LogP contribution in [0.25, 0.3) is 0 Å². The molecule has 120 valence electrons. The maximum Gasteiger partial charge on any atom is 0.334 e. The van der Waals surface area contributed by atoms with Gasteiger partial charge in [-0.25, -0.2) is 4.79 Å². The van der Waals surface area contributed by atoms with Gasteiger partial charge in [0, 0.05) is 6.54 Å². The van der Waals surface area contributed by atoms with E-state index in [0.717, 1.165) is 17.5 Å². The molecule has 0 aliphatic carbocycles. The number of hydrogen-bond acceptors (Lipinski definition) is 4. The smallest absolute Gasteiger partial charge is 0.334 e. The van der Waals surface area contributed by atoms with Crippen molar-refractivity contribution in [1.29, 1.82) is 0 Å². The average molecular weight is 329 g/mol. The predicted octanol–water partition coefficient (Wildman–Crippen LogP) is 3.58. The summed E-state index contributed by atoms with van der Waals surface area (Å²) in [5, 5.41) is 1.87. The SMILES string of the molecule is Cc1ccc(OC(=O)C2CCCN2C(=O)c2cccs2)c(C)c1.